The number of allylic oxidation sites excluding steroid dienone is 3. The number of aromatic hydroxyl groups is 1. The number of piperidine rings is 1. The number of nitrogens with zero attached hydrogens (tertiary/aromatic N) is 4. The molecule has 3 heterocycles. The number of carbonyl (C=O) groups excluding carboxylic acids is 1. The van der Waals surface area contributed by atoms with E-state index in [4.69, 9.17) is 0 Å². The molecule has 9 heteroatoms. The van der Waals surface area contributed by atoms with Gasteiger partial charge in [0.15, 0.2) is 11.3 Å². The van der Waals surface area contributed by atoms with Gasteiger partial charge in [-0.3, -0.25) is 9.20 Å². The molecule has 35 heavy (non-hydrogen) atoms. The molecule has 0 bridgehead atoms. The van der Waals surface area contributed by atoms with Crippen molar-refractivity contribution >= 4 is 17.1 Å². The van der Waals surface area contributed by atoms with Crippen molar-refractivity contribution in [1.82, 2.24) is 14.3 Å². The number of benzene rings is 1. The summed E-state index contributed by atoms with van der Waals surface area (Å²) in [5.41, 5.74) is 0.109. The van der Waals surface area contributed by atoms with Crippen LogP contribution in [0.25, 0.3) is 11.2 Å². The first-order chi connectivity index (χ1) is 16.7. The van der Waals surface area contributed by atoms with Crippen molar-refractivity contribution in [3.05, 3.63) is 83.2 Å². The van der Waals surface area contributed by atoms with Gasteiger partial charge >= 0.3 is 6.18 Å². The number of rotatable bonds is 4. The van der Waals surface area contributed by atoms with Gasteiger partial charge in [0, 0.05) is 19.3 Å². The van der Waals surface area contributed by atoms with Crippen LogP contribution in [-0.2, 0) is 6.18 Å². The third kappa shape index (κ3) is 4.39. The second-order valence-corrected chi connectivity index (χ2v) is 8.33. The first-order valence-corrected chi connectivity index (χ1v) is 11.1. The molecule has 3 aromatic rings. The van der Waals surface area contributed by atoms with E-state index in [1.807, 2.05) is 12.1 Å². The number of nitriles is 1. The van der Waals surface area contributed by atoms with Gasteiger partial charge in [-0.2, -0.15) is 18.4 Å². The molecule has 180 valence electrons. The number of halogens is 3. The van der Waals surface area contributed by atoms with E-state index in [1.165, 1.54) is 17.2 Å². The Morgan fingerprint density at radius 1 is 1.29 bits per heavy atom. The Labute approximate surface area is 200 Å². The third-order valence-electron chi connectivity index (χ3n) is 6.37. The van der Waals surface area contributed by atoms with Gasteiger partial charge in [-0.1, -0.05) is 36.9 Å². The van der Waals surface area contributed by atoms with Gasteiger partial charge in [0.25, 0.3) is 5.91 Å². The normalized spacial score (nSPS) is 15.3. The van der Waals surface area contributed by atoms with Gasteiger partial charge < -0.3 is 10.0 Å². The van der Waals surface area contributed by atoms with E-state index in [9.17, 15) is 28.3 Å². The van der Waals surface area contributed by atoms with Crippen molar-refractivity contribution in [3.8, 4) is 11.9 Å². The number of imidazole rings is 1. The third-order valence-corrected chi connectivity index (χ3v) is 6.37. The molecule has 1 aliphatic rings. The van der Waals surface area contributed by atoms with E-state index in [0.29, 0.717) is 37.1 Å². The van der Waals surface area contributed by atoms with Gasteiger partial charge in [-0.05, 0) is 54.5 Å². The lowest BCUT2D eigenvalue weighted by atomic mass is 9.87. The fourth-order valence-corrected chi connectivity index (χ4v) is 4.54. The minimum Gasteiger partial charge on any atom is -0.492 e. The maximum Gasteiger partial charge on any atom is 0.420 e. The zero-order valence-corrected chi connectivity index (χ0v) is 19.0. The van der Waals surface area contributed by atoms with Gasteiger partial charge in [0.2, 0.25) is 5.88 Å². The molecule has 6 nitrogen and oxygen atoms in total. The molecule has 0 saturated carbocycles. The maximum atomic E-state index is 13.8. The number of hydrogen-bond acceptors (Lipinski definition) is 4. The Morgan fingerprint density at radius 3 is 2.57 bits per heavy atom. The Balaban J connectivity index is 1.66. The van der Waals surface area contributed by atoms with Crippen LogP contribution in [0.3, 0.4) is 0 Å². The number of carbonyl (C=O) groups is 1. The average molecular weight is 480 g/mol. The number of alkyl halides is 3. The highest BCUT2D eigenvalue weighted by Gasteiger charge is 2.37. The molecular formula is C26H23F3N4O2. The summed E-state index contributed by atoms with van der Waals surface area (Å²) >= 11 is 0. The molecule has 1 amide bonds. The lowest BCUT2D eigenvalue weighted by Gasteiger charge is -2.32. The lowest BCUT2D eigenvalue weighted by Crippen LogP contribution is -2.38. The van der Waals surface area contributed by atoms with Gasteiger partial charge in [0.1, 0.15) is 0 Å². The van der Waals surface area contributed by atoms with Crippen molar-refractivity contribution in [1.29, 1.82) is 5.26 Å². The van der Waals surface area contributed by atoms with E-state index in [-0.39, 0.29) is 11.5 Å². The van der Waals surface area contributed by atoms with Crippen molar-refractivity contribution in [2.45, 2.75) is 31.9 Å². The largest absolute Gasteiger partial charge is 0.492 e. The van der Waals surface area contributed by atoms with Crippen LogP contribution in [0.4, 0.5) is 13.2 Å². The summed E-state index contributed by atoms with van der Waals surface area (Å²) in [5.74, 6) is -1.20. The Kier molecular flexibility index (Phi) is 6.39. The zero-order valence-electron chi connectivity index (χ0n) is 19.0. The quantitative estimate of drug-likeness (QED) is 0.497. The molecule has 0 spiro atoms. The molecule has 1 saturated heterocycles. The van der Waals surface area contributed by atoms with E-state index in [1.54, 1.807) is 25.1 Å². The zero-order chi connectivity index (χ0) is 25.3. The van der Waals surface area contributed by atoms with E-state index >= 15 is 0 Å². The number of aromatic nitrogens is 2. The van der Waals surface area contributed by atoms with Crippen molar-refractivity contribution in [2.24, 2.45) is 0 Å². The summed E-state index contributed by atoms with van der Waals surface area (Å²) in [6.07, 6.45) is 0.744. The van der Waals surface area contributed by atoms with Crippen LogP contribution < -0.4 is 0 Å². The van der Waals surface area contributed by atoms with Crippen LogP contribution in [0.2, 0.25) is 0 Å². The highest BCUT2D eigenvalue weighted by Crippen LogP contribution is 2.37. The fourth-order valence-electron chi connectivity index (χ4n) is 4.54. The lowest BCUT2D eigenvalue weighted by molar-refractivity contribution is -0.136. The molecule has 0 aliphatic carbocycles. The molecular weight excluding hydrogens is 457 g/mol. The van der Waals surface area contributed by atoms with Crippen molar-refractivity contribution in [3.63, 3.8) is 0 Å². The maximum absolute atomic E-state index is 13.8. The van der Waals surface area contributed by atoms with Crippen LogP contribution in [0, 0.1) is 11.3 Å². The van der Waals surface area contributed by atoms with E-state index in [2.05, 4.69) is 17.6 Å². The standard InChI is InChI=1S/C26H23F3N4O2/c1-3-16(4-2)19-13-21(26(27,28)29)23-31-22(25(35)33(23)15-19)24(34)32-11-9-17(10-12-32)20-8-6-5-7-18(20)14-30/h3-8,13,15,17,35H,1,9-12H2,2H3/b16-4+. The molecule has 1 aliphatic heterocycles. The molecule has 1 fully saturated rings. The topological polar surface area (TPSA) is 81.6 Å². The molecule has 4 rings (SSSR count). The summed E-state index contributed by atoms with van der Waals surface area (Å²) < 4.78 is 42.4. The molecule has 1 N–H and O–H groups in total. The molecule has 0 unspecified atom stereocenters. The minimum absolute atomic E-state index is 0.0853. The summed E-state index contributed by atoms with van der Waals surface area (Å²) in [4.78, 5) is 18.6. The summed E-state index contributed by atoms with van der Waals surface area (Å²) in [6.45, 7) is 5.94. The molecule has 2 aromatic heterocycles. The van der Waals surface area contributed by atoms with E-state index in [0.717, 1.165) is 16.0 Å². The summed E-state index contributed by atoms with van der Waals surface area (Å²) in [7, 11) is 0. The highest BCUT2D eigenvalue weighted by molar-refractivity contribution is 5.96. The number of amides is 1. The van der Waals surface area contributed by atoms with Crippen LogP contribution in [0.1, 0.15) is 58.4 Å². The van der Waals surface area contributed by atoms with Gasteiger partial charge in [0.05, 0.1) is 17.2 Å². The van der Waals surface area contributed by atoms with Crippen LogP contribution in [0.5, 0.6) is 5.88 Å². The number of hydrogen-bond donors (Lipinski definition) is 1. The van der Waals surface area contributed by atoms with Crippen LogP contribution >= 0.6 is 0 Å². The predicted octanol–water partition coefficient (Wildman–Crippen LogP) is 5.54. The number of likely N-dealkylation sites (tertiary alicyclic amines) is 1. The first-order valence-electron chi connectivity index (χ1n) is 11.1. The SMILES string of the molecule is C=C/C(=C\C)c1cc(C(F)(F)F)c2nc(C(=O)N3CCC(c4ccccc4C#N)CC3)c(O)n2c1. The first kappa shape index (κ1) is 24.1. The monoisotopic (exact) mass is 480 g/mol. The molecule has 1 aromatic carbocycles. The minimum atomic E-state index is -4.75. The smallest absolute Gasteiger partial charge is 0.420 e. The van der Waals surface area contributed by atoms with Gasteiger partial charge in [-0.25, -0.2) is 4.98 Å². The van der Waals surface area contributed by atoms with Crippen LogP contribution in [0.15, 0.2) is 55.3 Å². The Hall–Kier alpha value is -4.06. The molecule has 0 radical (unpaired) electrons. The molecule has 0 atom stereocenters. The summed E-state index contributed by atoms with van der Waals surface area (Å²) in [6, 6.07) is 10.4. The second kappa shape index (κ2) is 9.29. The average Bonchev–Trinajstić information content (AvgIpc) is 3.19. The van der Waals surface area contributed by atoms with Crippen LogP contribution in [-0.4, -0.2) is 38.4 Å². The predicted molar refractivity (Wildman–Crippen MR) is 125 cm³/mol. The Morgan fingerprint density at radius 2 is 1.97 bits per heavy atom. The fraction of sp³-hybridized carbons (Fsp3) is 0.269. The highest BCUT2D eigenvalue weighted by atomic mass is 19.4. The Bertz CT molecular complexity index is 1370. The number of fused-ring (bicyclic) bond motifs is 1. The second-order valence-electron chi connectivity index (χ2n) is 8.33. The van der Waals surface area contributed by atoms with E-state index < -0.39 is 34.9 Å². The van der Waals surface area contributed by atoms with Crippen molar-refractivity contribution < 1.29 is 23.1 Å². The number of pyridine rings is 1. The summed E-state index contributed by atoms with van der Waals surface area (Å²) in [5, 5.41) is 20.1. The van der Waals surface area contributed by atoms with Crippen molar-refractivity contribution in [2.75, 3.05) is 13.1 Å². The van der Waals surface area contributed by atoms with Gasteiger partial charge in [-0.15, -0.1) is 0 Å².